The normalized spacial score (nSPS) is 14.3. The molecule has 1 aromatic rings. The summed E-state index contributed by atoms with van der Waals surface area (Å²) in [7, 11) is 0. The van der Waals surface area contributed by atoms with Crippen molar-refractivity contribution in [2.45, 2.75) is 49.8 Å². The van der Waals surface area contributed by atoms with Gasteiger partial charge in [-0.3, -0.25) is 4.79 Å². The number of nitrogens with two attached hydrogens (primary N) is 1. The topological polar surface area (TPSA) is 113 Å². The smallest absolute Gasteiger partial charge is 0.326 e. The van der Waals surface area contributed by atoms with Crippen molar-refractivity contribution in [3.05, 3.63) is 29.8 Å². The molecule has 1 amide bonds. The third kappa shape index (κ3) is 7.77. The first-order valence-corrected chi connectivity index (χ1v) is 9.07. The summed E-state index contributed by atoms with van der Waals surface area (Å²) in [6, 6.07) is 5.78. The van der Waals surface area contributed by atoms with Crippen LogP contribution in [0.4, 0.5) is 0 Å². The predicted molar refractivity (Wildman–Crippen MR) is 105 cm³/mol. The first-order valence-electron chi connectivity index (χ1n) is 7.85. The van der Waals surface area contributed by atoms with Crippen molar-refractivity contribution in [3.63, 3.8) is 0 Å². The molecule has 25 heavy (non-hydrogen) atoms. The summed E-state index contributed by atoms with van der Waals surface area (Å²) < 4.78 is 0. The molecule has 3 atom stereocenters. The highest BCUT2D eigenvalue weighted by Crippen LogP contribution is 2.21. The summed E-state index contributed by atoms with van der Waals surface area (Å²) in [4.78, 5) is 24.4. The van der Waals surface area contributed by atoms with Crippen molar-refractivity contribution >= 4 is 40.6 Å². The molecule has 0 aliphatic heterocycles. The van der Waals surface area contributed by atoms with Gasteiger partial charge in [0.1, 0.15) is 12.1 Å². The van der Waals surface area contributed by atoms with E-state index in [2.05, 4.69) is 5.32 Å². The summed E-state index contributed by atoms with van der Waals surface area (Å²) in [6.45, 7) is 3.73. The number of amides is 1. The molecule has 0 unspecified atom stereocenters. The minimum Gasteiger partial charge on any atom is -0.480 e. The molecule has 0 heterocycles. The molecular formula is C17H27BrN2O4S. The number of carboxylic acids is 1. The van der Waals surface area contributed by atoms with Crippen LogP contribution in [0.1, 0.15) is 25.8 Å². The number of carboxylic acid groups (broad SMARTS) is 1. The minimum absolute atomic E-state index is 0. The fourth-order valence-corrected chi connectivity index (χ4v) is 3.01. The number of benzene rings is 1. The summed E-state index contributed by atoms with van der Waals surface area (Å²) in [5, 5.41) is 21.7. The monoisotopic (exact) mass is 434 g/mol. The number of aliphatic carboxylic acids is 1. The molecule has 0 spiro atoms. The van der Waals surface area contributed by atoms with Crippen LogP contribution in [0.5, 0.6) is 0 Å². The Balaban J connectivity index is 0.00000576. The average molecular weight is 435 g/mol. The van der Waals surface area contributed by atoms with Gasteiger partial charge in [-0.2, -0.15) is 0 Å². The molecule has 6 nitrogen and oxygen atoms in total. The highest BCUT2D eigenvalue weighted by molar-refractivity contribution is 8.93. The maximum absolute atomic E-state index is 12.1. The Labute approximate surface area is 163 Å². The Kier molecular flexibility index (Phi) is 11.0. The quantitative estimate of drug-likeness (QED) is 0.441. The van der Waals surface area contributed by atoms with Gasteiger partial charge in [0, 0.05) is 10.9 Å². The number of aliphatic hydroxyl groups excluding tert-OH is 1. The highest BCUT2D eigenvalue weighted by atomic mass is 79.9. The number of hydrogen-bond acceptors (Lipinski definition) is 5. The number of nitrogens with one attached hydrogen (secondary N) is 1. The third-order valence-electron chi connectivity index (χ3n) is 3.64. The number of aliphatic hydroxyl groups is 1. The first-order chi connectivity index (χ1) is 11.3. The molecule has 1 aromatic carbocycles. The van der Waals surface area contributed by atoms with Gasteiger partial charge < -0.3 is 21.3 Å². The average Bonchev–Trinajstić information content (AvgIpc) is 2.53. The zero-order valence-corrected chi connectivity index (χ0v) is 17.2. The molecule has 0 aromatic heterocycles. The predicted octanol–water partition coefficient (Wildman–Crippen LogP) is 1.83. The molecule has 0 radical (unpaired) electrons. The van der Waals surface area contributed by atoms with E-state index in [1.54, 1.807) is 11.8 Å². The van der Waals surface area contributed by atoms with Gasteiger partial charge in [0.25, 0.3) is 5.91 Å². The number of thioether (sulfide) groups is 1. The van der Waals surface area contributed by atoms with E-state index in [1.807, 2.05) is 44.4 Å². The van der Waals surface area contributed by atoms with E-state index >= 15 is 0 Å². The zero-order chi connectivity index (χ0) is 18.3. The van der Waals surface area contributed by atoms with Gasteiger partial charge in [-0.25, -0.2) is 4.79 Å². The second-order valence-corrected chi connectivity index (χ2v) is 7.00. The van der Waals surface area contributed by atoms with Crippen LogP contribution >= 0.6 is 28.7 Å². The van der Waals surface area contributed by atoms with E-state index in [-0.39, 0.29) is 22.9 Å². The van der Waals surface area contributed by atoms with Crippen molar-refractivity contribution in [2.75, 3.05) is 6.26 Å². The van der Waals surface area contributed by atoms with E-state index in [9.17, 15) is 14.7 Å². The third-order valence-corrected chi connectivity index (χ3v) is 4.48. The van der Waals surface area contributed by atoms with Crippen LogP contribution in [0.2, 0.25) is 0 Å². The van der Waals surface area contributed by atoms with Crippen LogP contribution in [-0.2, 0) is 16.0 Å². The van der Waals surface area contributed by atoms with E-state index in [1.165, 1.54) is 0 Å². The molecule has 0 aliphatic rings. The van der Waals surface area contributed by atoms with Gasteiger partial charge in [0.2, 0.25) is 0 Å². The van der Waals surface area contributed by atoms with Gasteiger partial charge in [0.05, 0.1) is 0 Å². The van der Waals surface area contributed by atoms with Crippen molar-refractivity contribution in [3.8, 4) is 0 Å². The summed E-state index contributed by atoms with van der Waals surface area (Å²) in [5.74, 6) is -1.77. The molecule has 142 valence electrons. The van der Waals surface area contributed by atoms with E-state index in [0.717, 1.165) is 10.5 Å². The maximum Gasteiger partial charge on any atom is 0.326 e. The molecule has 0 saturated heterocycles. The fraction of sp³-hybridized carbons (Fsp3) is 0.529. The van der Waals surface area contributed by atoms with Crippen molar-refractivity contribution in [1.29, 1.82) is 0 Å². The minimum atomic E-state index is -1.46. The van der Waals surface area contributed by atoms with Gasteiger partial charge >= 0.3 is 5.97 Å². The van der Waals surface area contributed by atoms with E-state index in [0.29, 0.717) is 12.8 Å². The lowest BCUT2D eigenvalue weighted by Gasteiger charge is -2.22. The maximum atomic E-state index is 12.1. The van der Waals surface area contributed by atoms with Crippen molar-refractivity contribution < 1.29 is 19.8 Å². The Hall–Kier alpha value is -1.09. The summed E-state index contributed by atoms with van der Waals surface area (Å²) in [5.41, 5.74) is 6.90. The Morgan fingerprint density at radius 1 is 1.28 bits per heavy atom. The number of halogens is 1. The number of carbonyl (C=O) groups is 2. The molecule has 8 heteroatoms. The summed E-state index contributed by atoms with van der Waals surface area (Å²) in [6.07, 6.45) is 1.09. The second-order valence-electron chi connectivity index (χ2n) is 6.15. The number of carbonyl (C=O) groups excluding carboxylic acids is 1. The van der Waals surface area contributed by atoms with Crippen LogP contribution in [0, 0.1) is 5.92 Å². The SMILES string of the molecule is Br.CSc1ccccc1C[C@@H](N)[C@@H](O)C(=O)N[C@@H](CC(C)C)C(=O)O. The van der Waals surface area contributed by atoms with Gasteiger partial charge in [0.15, 0.2) is 0 Å². The first kappa shape index (κ1) is 23.9. The van der Waals surface area contributed by atoms with Crippen LogP contribution in [-0.4, -0.2) is 46.5 Å². The summed E-state index contributed by atoms with van der Waals surface area (Å²) >= 11 is 1.56. The molecule has 1 rings (SSSR count). The number of rotatable bonds is 9. The largest absolute Gasteiger partial charge is 0.480 e. The molecule has 0 saturated carbocycles. The van der Waals surface area contributed by atoms with Crippen molar-refractivity contribution in [2.24, 2.45) is 11.7 Å². The fourth-order valence-electron chi connectivity index (χ4n) is 2.38. The Morgan fingerprint density at radius 3 is 2.40 bits per heavy atom. The van der Waals surface area contributed by atoms with Crippen LogP contribution in [0.15, 0.2) is 29.2 Å². The standard InChI is InChI=1S/C17H26N2O4S.BrH/c1-10(2)8-13(17(22)23)19-16(21)15(20)12(18)9-11-6-4-5-7-14(11)24-3;/h4-7,10,12-13,15,20H,8-9,18H2,1-3H3,(H,19,21)(H,22,23);1H/t12-,13+,15-;/m1./s1. The van der Waals surface area contributed by atoms with Gasteiger partial charge in [-0.15, -0.1) is 28.7 Å². The molecular weight excluding hydrogens is 408 g/mol. The molecule has 5 N–H and O–H groups in total. The van der Waals surface area contributed by atoms with Crippen LogP contribution in [0.3, 0.4) is 0 Å². The number of hydrogen-bond donors (Lipinski definition) is 4. The highest BCUT2D eigenvalue weighted by Gasteiger charge is 2.28. The molecule has 0 bridgehead atoms. The van der Waals surface area contributed by atoms with Crippen molar-refractivity contribution in [1.82, 2.24) is 5.32 Å². The van der Waals surface area contributed by atoms with E-state index < -0.39 is 30.1 Å². The van der Waals surface area contributed by atoms with Gasteiger partial charge in [-0.05, 0) is 36.6 Å². The lowest BCUT2D eigenvalue weighted by molar-refractivity contribution is -0.144. The Bertz CT molecular complexity index is 571. The molecule has 0 fully saturated rings. The van der Waals surface area contributed by atoms with Crippen LogP contribution < -0.4 is 11.1 Å². The zero-order valence-electron chi connectivity index (χ0n) is 14.6. The van der Waals surface area contributed by atoms with E-state index in [4.69, 9.17) is 10.8 Å². The Morgan fingerprint density at radius 2 is 1.88 bits per heavy atom. The molecule has 0 aliphatic carbocycles. The van der Waals surface area contributed by atoms with Crippen LogP contribution in [0.25, 0.3) is 0 Å². The lowest BCUT2D eigenvalue weighted by Crippen LogP contribution is -2.52. The lowest BCUT2D eigenvalue weighted by atomic mass is 10.00. The van der Waals surface area contributed by atoms with Gasteiger partial charge in [-0.1, -0.05) is 32.0 Å². The second kappa shape index (κ2) is 11.5.